The summed E-state index contributed by atoms with van der Waals surface area (Å²) in [5.74, 6) is 0. The number of nitrogens with zero attached hydrogens (tertiary/aromatic N) is 2. The molecule has 0 spiro atoms. The Morgan fingerprint density at radius 3 is 2.38 bits per heavy atom. The van der Waals surface area contributed by atoms with Crippen LogP contribution in [0.4, 0.5) is 0 Å². The van der Waals surface area contributed by atoms with Crippen LogP contribution in [0.5, 0.6) is 0 Å². The van der Waals surface area contributed by atoms with Crippen LogP contribution in [0.2, 0.25) is 0 Å². The Hall–Kier alpha value is -3.63. The van der Waals surface area contributed by atoms with Gasteiger partial charge in [0.25, 0.3) is 0 Å². The molecule has 213 valence electrons. The van der Waals surface area contributed by atoms with Gasteiger partial charge in [-0.05, 0) is 60.2 Å². The first-order valence-electron chi connectivity index (χ1n) is 13.9. The number of aromatic nitrogens is 2. The number of fused-ring (bicyclic) bond motifs is 5. The average Bonchev–Trinajstić information content (AvgIpc) is 3.53. The SMILES string of the molecule is Cc1cc2ccc3c4cc[c-]c(-c5cc(CC(C)(C)C)ccn5)c4oc3c2s1.Cc1ccc(-c2[c-]cccc2)nc1.[Ir]. The molecule has 0 atom stereocenters. The minimum absolute atomic E-state index is 0. The Morgan fingerprint density at radius 1 is 0.810 bits per heavy atom. The predicted molar refractivity (Wildman–Crippen MR) is 172 cm³/mol. The molecule has 0 N–H and O–H groups in total. The second kappa shape index (κ2) is 12.3. The van der Waals surface area contributed by atoms with Gasteiger partial charge in [0.15, 0.2) is 0 Å². The summed E-state index contributed by atoms with van der Waals surface area (Å²) in [5.41, 5.74) is 8.42. The van der Waals surface area contributed by atoms with E-state index in [-0.39, 0.29) is 25.5 Å². The van der Waals surface area contributed by atoms with Gasteiger partial charge in [-0.1, -0.05) is 67.6 Å². The first-order valence-corrected chi connectivity index (χ1v) is 14.7. The maximum atomic E-state index is 6.44. The molecule has 7 aromatic rings. The number of benzene rings is 3. The zero-order valence-electron chi connectivity index (χ0n) is 24.4. The summed E-state index contributed by atoms with van der Waals surface area (Å²) in [4.78, 5) is 10.3. The van der Waals surface area contributed by atoms with Gasteiger partial charge in [-0.25, -0.2) is 0 Å². The molecule has 0 fully saturated rings. The maximum Gasteiger partial charge on any atom is 0.138 e. The molecule has 0 saturated heterocycles. The third-order valence-electron chi connectivity index (χ3n) is 6.92. The molecule has 3 aromatic carbocycles. The van der Waals surface area contributed by atoms with Crippen LogP contribution in [0.15, 0.2) is 95.7 Å². The van der Waals surface area contributed by atoms with Gasteiger partial charge in [-0.15, -0.1) is 65.4 Å². The van der Waals surface area contributed by atoms with Gasteiger partial charge in [-0.2, -0.15) is 0 Å². The molecule has 0 amide bonds. The van der Waals surface area contributed by atoms with Crippen molar-refractivity contribution in [1.82, 2.24) is 9.97 Å². The molecular formula is C37H32IrN2OS-2. The summed E-state index contributed by atoms with van der Waals surface area (Å²) in [5, 5.41) is 3.52. The van der Waals surface area contributed by atoms with Gasteiger partial charge in [0.1, 0.15) is 5.58 Å². The first kappa shape index (κ1) is 29.8. The molecular weight excluding hydrogens is 713 g/mol. The standard InChI is InChI=1S/C25H22NOS.C12H10N.Ir/c1-15-12-17-8-9-19-18-6-5-7-20(22(18)27-23(19)24(17)28-15)21-13-16(10-11-26-21)14-25(2,3)4;1-10-7-8-12(13-9-10)11-5-3-2-4-6-11;/h5-6,8-13H,14H2,1-4H3;2-5,7-9H,1H3;/q2*-1;. The number of hydrogen-bond donors (Lipinski definition) is 0. The van der Waals surface area contributed by atoms with Crippen LogP contribution < -0.4 is 0 Å². The van der Waals surface area contributed by atoms with E-state index in [0.29, 0.717) is 0 Å². The summed E-state index contributed by atoms with van der Waals surface area (Å²) in [6, 6.07) is 33.4. The van der Waals surface area contributed by atoms with Crippen molar-refractivity contribution in [3.63, 3.8) is 0 Å². The van der Waals surface area contributed by atoms with Crippen LogP contribution in [0.1, 0.15) is 36.8 Å². The molecule has 0 unspecified atom stereocenters. The number of aryl methyl sites for hydroxylation is 2. The van der Waals surface area contributed by atoms with Gasteiger partial charge in [0, 0.05) is 42.8 Å². The number of pyridine rings is 2. The normalized spacial score (nSPS) is 11.4. The Bertz CT molecular complexity index is 1970. The monoisotopic (exact) mass is 745 g/mol. The minimum atomic E-state index is 0. The van der Waals surface area contributed by atoms with Crippen LogP contribution in [-0.2, 0) is 26.5 Å². The van der Waals surface area contributed by atoms with Crippen molar-refractivity contribution in [2.24, 2.45) is 5.41 Å². The van der Waals surface area contributed by atoms with Crippen LogP contribution in [0, 0.1) is 31.4 Å². The van der Waals surface area contributed by atoms with Crippen molar-refractivity contribution in [2.45, 2.75) is 41.0 Å². The molecule has 0 aliphatic heterocycles. The third kappa shape index (κ3) is 6.39. The van der Waals surface area contributed by atoms with Crippen molar-refractivity contribution >= 4 is 43.4 Å². The third-order valence-corrected chi connectivity index (χ3v) is 7.98. The van der Waals surface area contributed by atoms with Crippen LogP contribution in [0.25, 0.3) is 54.5 Å². The molecule has 0 saturated carbocycles. The molecule has 4 heterocycles. The van der Waals surface area contributed by atoms with Crippen molar-refractivity contribution in [2.75, 3.05) is 0 Å². The quantitative estimate of drug-likeness (QED) is 0.169. The van der Waals surface area contributed by atoms with Crippen LogP contribution in [0.3, 0.4) is 0 Å². The molecule has 5 heteroatoms. The maximum absolute atomic E-state index is 6.44. The summed E-state index contributed by atoms with van der Waals surface area (Å²) in [6.45, 7) is 10.9. The Balaban J connectivity index is 0.000000212. The van der Waals surface area contributed by atoms with Crippen LogP contribution in [-0.4, -0.2) is 9.97 Å². The predicted octanol–water partition coefficient (Wildman–Crippen LogP) is 10.4. The van der Waals surface area contributed by atoms with E-state index >= 15 is 0 Å². The van der Waals surface area contributed by atoms with Gasteiger partial charge < -0.3 is 14.4 Å². The van der Waals surface area contributed by atoms with Crippen molar-refractivity contribution in [3.8, 4) is 22.5 Å². The van der Waals surface area contributed by atoms with E-state index in [4.69, 9.17) is 4.42 Å². The van der Waals surface area contributed by atoms with E-state index in [9.17, 15) is 0 Å². The average molecular weight is 745 g/mol. The Morgan fingerprint density at radius 2 is 1.64 bits per heavy atom. The minimum Gasteiger partial charge on any atom is -0.499 e. The molecule has 0 aliphatic carbocycles. The van der Waals surface area contributed by atoms with Crippen molar-refractivity contribution < 1.29 is 24.5 Å². The number of furan rings is 1. The van der Waals surface area contributed by atoms with E-state index < -0.39 is 0 Å². The summed E-state index contributed by atoms with van der Waals surface area (Å²) >= 11 is 1.79. The first-order chi connectivity index (χ1) is 19.7. The van der Waals surface area contributed by atoms with Gasteiger partial charge in [0.05, 0.1) is 10.3 Å². The molecule has 3 nitrogen and oxygen atoms in total. The summed E-state index contributed by atoms with van der Waals surface area (Å²) in [6.07, 6.45) is 4.77. The number of rotatable bonds is 3. The Labute approximate surface area is 265 Å². The van der Waals surface area contributed by atoms with Crippen molar-refractivity contribution in [1.29, 1.82) is 0 Å². The second-order valence-corrected chi connectivity index (χ2v) is 13.0. The molecule has 0 aliphatic rings. The smallest absolute Gasteiger partial charge is 0.138 e. The van der Waals surface area contributed by atoms with Gasteiger partial charge >= 0.3 is 0 Å². The second-order valence-electron chi connectivity index (χ2n) is 11.7. The van der Waals surface area contributed by atoms with E-state index in [0.717, 1.165) is 50.9 Å². The molecule has 42 heavy (non-hydrogen) atoms. The van der Waals surface area contributed by atoms with Crippen molar-refractivity contribution in [3.05, 3.63) is 119 Å². The zero-order chi connectivity index (χ0) is 28.6. The number of thiophene rings is 1. The zero-order valence-corrected chi connectivity index (χ0v) is 27.6. The van der Waals surface area contributed by atoms with E-state index in [1.807, 2.05) is 55.7 Å². The fourth-order valence-electron chi connectivity index (χ4n) is 5.13. The molecule has 7 rings (SSSR count). The number of hydrogen-bond acceptors (Lipinski definition) is 4. The van der Waals surface area contributed by atoms with E-state index in [1.54, 1.807) is 11.3 Å². The van der Waals surface area contributed by atoms with E-state index in [2.05, 4.69) is 92.3 Å². The summed E-state index contributed by atoms with van der Waals surface area (Å²) < 4.78 is 7.66. The van der Waals surface area contributed by atoms with Gasteiger partial charge in [-0.3, -0.25) is 0 Å². The largest absolute Gasteiger partial charge is 0.499 e. The van der Waals surface area contributed by atoms with Crippen LogP contribution >= 0.6 is 11.3 Å². The molecule has 1 radical (unpaired) electrons. The fourth-order valence-corrected chi connectivity index (χ4v) is 6.12. The van der Waals surface area contributed by atoms with E-state index in [1.165, 1.54) is 26.1 Å². The topological polar surface area (TPSA) is 38.9 Å². The van der Waals surface area contributed by atoms with Gasteiger partial charge in [0.2, 0.25) is 0 Å². The molecule has 0 bridgehead atoms. The molecule has 4 aromatic heterocycles. The summed E-state index contributed by atoms with van der Waals surface area (Å²) in [7, 11) is 0. The fraction of sp³-hybridized carbons (Fsp3) is 0.189. The Kier molecular flexibility index (Phi) is 8.75.